The van der Waals surface area contributed by atoms with Crippen LogP contribution >= 0.6 is 23.5 Å². The van der Waals surface area contributed by atoms with E-state index in [1.165, 1.54) is 0 Å². The summed E-state index contributed by atoms with van der Waals surface area (Å²) in [5, 5.41) is 16.3. The van der Waals surface area contributed by atoms with Gasteiger partial charge >= 0.3 is 6.18 Å². The molecule has 376 valence electrons. The number of aromatic nitrogens is 4. The number of halogens is 3. The van der Waals surface area contributed by atoms with E-state index in [-0.39, 0.29) is 29.9 Å². The molecule has 72 heavy (non-hydrogen) atoms. The van der Waals surface area contributed by atoms with Gasteiger partial charge in [0.05, 0.1) is 63.1 Å². The fourth-order valence-corrected chi connectivity index (χ4v) is 13.7. The smallest absolute Gasteiger partial charge is 0.331 e. The summed E-state index contributed by atoms with van der Waals surface area (Å²) >= 11 is 3.65. The molecule has 6 aliphatic heterocycles. The van der Waals surface area contributed by atoms with E-state index >= 15 is 0 Å². The zero-order chi connectivity index (χ0) is 49.3. The normalized spacial score (nSPS) is 23.8. The summed E-state index contributed by atoms with van der Waals surface area (Å²) in [6.45, 7) is 7.22. The number of nitriles is 1. The number of likely N-dealkylation sites (tertiary alicyclic amines) is 2. The van der Waals surface area contributed by atoms with Crippen molar-refractivity contribution >= 4 is 57.4 Å². The number of imidazole rings is 2. The summed E-state index contributed by atoms with van der Waals surface area (Å²) in [6, 6.07) is 33.1. The zero-order valence-corrected chi connectivity index (χ0v) is 41.9. The number of hydrogen-bond donors (Lipinski definition) is 2. The topological polar surface area (TPSA) is 131 Å². The Labute approximate surface area is 426 Å². The lowest BCUT2D eigenvalue weighted by Crippen LogP contribution is -2.43. The molecule has 8 heterocycles. The molecule has 0 aliphatic carbocycles. The Balaban J connectivity index is 0.000000156. The number of benzene rings is 4. The maximum atomic E-state index is 13.4. The number of nitrogens with one attached hydrogen (secondary N) is 2. The van der Waals surface area contributed by atoms with Crippen LogP contribution in [0.4, 0.5) is 13.2 Å². The van der Waals surface area contributed by atoms with Crippen LogP contribution < -0.4 is 10.6 Å². The number of amides is 2. The number of fused-ring (bicyclic) bond motifs is 2. The molecule has 0 bridgehead atoms. The lowest BCUT2D eigenvalue weighted by Gasteiger charge is -2.37. The van der Waals surface area contributed by atoms with E-state index in [1.807, 2.05) is 88.3 Å². The van der Waals surface area contributed by atoms with Crippen molar-refractivity contribution in [3.63, 3.8) is 0 Å². The Bertz CT molecular complexity index is 2920. The van der Waals surface area contributed by atoms with Crippen molar-refractivity contribution < 1.29 is 22.8 Å². The number of nitrogens with zero attached hydrogens (tertiary/aromatic N) is 9. The first kappa shape index (κ1) is 48.8. The molecule has 2 aromatic heterocycles. The van der Waals surface area contributed by atoms with Crippen LogP contribution in [0, 0.1) is 11.3 Å². The van der Waals surface area contributed by atoms with Crippen molar-refractivity contribution in [2.24, 2.45) is 0 Å². The number of alkyl halides is 3. The third kappa shape index (κ3) is 10.1. The predicted molar refractivity (Wildman–Crippen MR) is 278 cm³/mol. The van der Waals surface area contributed by atoms with Crippen LogP contribution in [0.1, 0.15) is 61.7 Å². The van der Waals surface area contributed by atoms with Crippen LogP contribution in [0.3, 0.4) is 0 Å². The van der Waals surface area contributed by atoms with E-state index in [4.69, 9.17) is 9.97 Å². The average molecular weight is 1020 g/mol. The quantitative estimate of drug-likeness (QED) is 0.154. The van der Waals surface area contributed by atoms with E-state index in [0.29, 0.717) is 35.0 Å². The molecular formula is C54H60F3N11O2S2. The lowest BCUT2D eigenvalue weighted by atomic mass is 10.0. The molecule has 12 rings (SSSR count). The molecule has 6 fully saturated rings. The number of thioether (sulfide) groups is 2. The Morgan fingerprint density at radius 3 is 1.49 bits per heavy atom. The SMILES string of the molecule is N#Cc1ccc2c(c1)nc(-c1ccccc1)n2C1CCN([C@@H]2CN[C@H](C(=O)N3CCSC3)C2)CC1.O=C([C@@H]1C[C@H](N2CCC(n3c(-c4ccccc4)nc4cc(C(F)(F)F)ccc43)CC2)CN1)N1CCSC1. The average Bonchev–Trinajstić information content (AvgIpc) is 4.29. The summed E-state index contributed by atoms with van der Waals surface area (Å²) in [7, 11) is 0. The van der Waals surface area contributed by atoms with Gasteiger partial charge in [-0.1, -0.05) is 60.7 Å². The van der Waals surface area contributed by atoms with Gasteiger partial charge in [0.1, 0.15) is 11.6 Å². The summed E-state index contributed by atoms with van der Waals surface area (Å²) < 4.78 is 44.7. The van der Waals surface area contributed by atoms with Crippen LogP contribution in [0.15, 0.2) is 97.1 Å². The van der Waals surface area contributed by atoms with E-state index < -0.39 is 11.7 Å². The van der Waals surface area contributed by atoms with Crippen molar-refractivity contribution in [3.05, 3.63) is 108 Å². The zero-order valence-electron chi connectivity index (χ0n) is 40.2. The van der Waals surface area contributed by atoms with Crippen LogP contribution in [0.5, 0.6) is 0 Å². The minimum absolute atomic E-state index is 0.0342. The monoisotopic (exact) mass is 1020 g/mol. The maximum absolute atomic E-state index is 13.4. The summed E-state index contributed by atoms with van der Waals surface area (Å²) in [5.41, 5.74) is 5.05. The van der Waals surface area contributed by atoms with Gasteiger partial charge in [0.25, 0.3) is 0 Å². The van der Waals surface area contributed by atoms with E-state index in [0.717, 1.165) is 160 Å². The summed E-state index contributed by atoms with van der Waals surface area (Å²) in [5.74, 6) is 5.89. The summed E-state index contributed by atoms with van der Waals surface area (Å²) in [6.07, 6.45) is 1.18. The van der Waals surface area contributed by atoms with Gasteiger partial charge < -0.3 is 29.6 Å². The van der Waals surface area contributed by atoms with Crippen LogP contribution in [-0.4, -0.2) is 150 Å². The number of hydrogen-bond acceptors (Lipinski definition) is 11. The molecule has 4 aromatic carbocycles. The lowest BCUT2D eigenvalue weighted by molar-refractivity contribution is -0.137. The fraction of sp³-hybridized carbons (Fsp3) is 0.463. The second-order valence-electron chi connectivity index (χ2n) is 19.9. The second kappa shape index (κ2) is 21.2. The molecule has 6 saturated heterocycles. The Morgan fingerprint density at radius 2 is 1.06 bits per heavy atom. The van der Waals surface area contributed by atoms with Crippen molar-refractivity contribution in [2.75, 3.05) is 75.6 Å². The van der Waals surface area contributed by atoms with Gasteiger partial charge in [-0.3, -0.25) is 19.4 Å². The molecule has 18 heteroatoms. The number of carbonyl (C=O) groups is 2. The molecule has 13 nitrogen and oxygen atoms in total. The molecule has 0 saturated carbocycles. The minimum atomic E-state index is -4.40. The predicted octanol–water partition coefficient (Wildman–Crippen LogP) is 8.10. The van der Waals surface area contributed by atoms with Crippen LogP contribution in [0.2, 0.25) is 0 Å². The minimum Gasteiger partial charge on any atom is -0.331 e. The molecule has 0 unspecified atom stereocenters. The van der Waals surface area contributed by atoms with Gasteiger partial charge in [0.2, 0.25) is 11.8 Å². The molecule has 6 aromatic rings. The molecule has 2 N–H and O–H groups in total. The number of carbonyl (C=O) groups excluding carboxylic acids is 2. The molecule has 0 spiro atoms. The highest BCUT2D eigenvalue weighted by molar-refractivity contribution is 7.99. The highest BCUT2D eigenvalue weighted by Gasteiger charge is 2.40. The van der Waals surface area contributed by atoms with E-state index in [2.05, 4.69) is 47.8 Å². The fourth-order valence-electron chi connectivity index (χ4n) is 11.8. The highest BCUT2D eigenvalue weighted by Crippen LogP contribution is 2.39. The molecule has 2 amide bonds. The first-order valence-electron chi connectivity index (χ1n) is 25.4. The third-order valence-corrected chi connectivity index (χ3v) is 17.5. The van der Waals surface area contributed by atoms with Crippen molar-refractivity contribution in [2.45, 2.75) is 81.0 Å². The van der Waals surface area contributed by atoms with Gasteiger partial charge in [-0.05, 0) is 74.9 Å². The highest BCUT2D eigenvalue weighted by atomic mass is 32.2. The largest absolute Gasteiger partial charge is 0.416 e. The third-order valence-electron chi connectivity index (χ3n) is 15.6. The molecular weight excluding hydrogens is 956 g/mol. The number of rotatable bonds is 8. The van der Waals surface area contributed by atoms with Crippen LogP contribution in [-0.2, 0) is 15.8 Å². The molecule has 6 aliphatic rings. The van der Waals surface area contributed by atoms with Gasteiger partial charge in [0.15, 0.2) is 0 Å². The Hall–Kier alpha value is -5.42. The van der Waals surface area contributed by atoms with E-state index in [1.54, 1.807) is 17.8 Å². The van der Waals surface area contributed by atoms with Crippen molar-refractivity contribution in [1.82, 2.24) is 49.3 Å². The van der Waals surface area contributed by atoms with E-state index in [9.17, 15) is 28.0 Å². The first-order chi connectivity index (χ1) is 35.1. The second-order valence-corrected chi connectivity index (χ2v) is 22.0. The van der Waals surface area contributed by atoms with Gasteiger partial charge in [-0.2, -0.15) is 18.4 Å². The van der Waals surface area contributed by atoms with Gasteiger partial charge in [-0.25, -0.2) is 9.97 Å². The summed E-state index contributed by atoms with van der Waals surface area (Å²) in [4.78, 5) is 44.3. The standard InChI is InChI=1S/C27H30F3N5OS.C27H30N6OS/c28-27(29,30)19-6-7-24-22(14-19)32-25(18-4-2-1-3-5-18)35(24)20-8-10-33(11-9-20)21-15-23(31-16-21)26(36)34-12-13-37-17-34;28-16-19-6-7-25-23(14-19)30-26(20-4-2-1-3-5-20)33(25)21-8-10-31(11-9-21)22-15-24(29-17-22)27(34)32-12-13-35-18-32/h1-7,14,20-21,23,31H,8-13,15-17H2;1-7,14,21-22,24,29H,8-13,15,17-18H2/t21-,23-;22-,24-/m00/s1. The molecule has 0 radical (unpaired) electrons. The number of piperidine rings is 2. The maximum Gasteiger partial charge on any atom is 0.416 e. The van der Waals surface area contributed by atoms with Gasteiger partial charge in [-0.15, -0.1) is 23.5 Å². The Kier molecular flexibility index (Phi) is 14.4. The molecule has 4 atom stereocenters. The first-order valence-corrected chi connectivity index (χ1v) is 27.7. The van der Waals surface area contributed by atoms with Crippen LogP contribution in [0.25, 0.3) is 44.8 Å². The Morgan fingerprint density at radius 1 is 0.597 bits per heavy atom. The van der Waals surface area contributed by atoms with Gasteiger partial charge in [0, 0.05) is 99.2 Å². The van der Waals surface area contributed by atoms with Crippen molar-refractivity contribution in [1.29, 1.82) is 5.26 Å². The van der Waals surface area contributed by atoms with Crippen molar-refractivity contribution in [3.8, 4) is 28.8 Å².